The molecule has 0 heterocycles. The van der Waals surface area contributed by atoms with Gasteiger partial charge in [0.25, 0.3) is 0 Å². The maximum Gasteiger partial charge on any atom is 0.324 e. The molecule has 0 N–H and O–H groups in total. The number of alkyl halides is 2. The van der Waals surface area contributed by atoms with Crippen LogP contribution in [0.3, 0.4) is 0 Å². The van der Waals surface area contributed by atoms with Crippen LogP contribution in [0.15, 0.2) is 72.8 Å². The lowest BCUT2D eigenvalue weighted by molar-refractivity contribution is -0.145. The summed E-state index contributed by atoms with van der Waals surface area (Å²) in [4.78, 5) is 23.8. The van der Waals surface area contributed by atoms with E-state index in [-0.39, 0.29) is 13.2 Å². The van der Waals surface area contributed by atoms with E-state index in [1.54, 1.807) is 12.1 Å². The molecule has 0 aliphatic heterocycles. The molecule has 0 spiro atoms. The standard InChI is InChI=1S/C26H24Br2O6/c1-31-21-13-20(16-34-26(30)24(28)18-11-7-4-8-12-18)22(32-2)14-19(21)15-33-25(29)23(27)17-9-5-3-6-10-17/h3-14,23-24H,15-16H2,1-2H3. The number of esters is 2. The first-order valence-electron chi connectivity index (χ1n) is 10.4. The summed E-state index contributed by atoms with van der Waals surface area (Å²) in [6, 6.07) is 22.0. The summed E-state index contributed by atoms with van der Waals surface area (Å²) in [7, 11) is 3.04. The molecule has 0 radical (unpaired) electrons. The van der Waals surface area contributed by atoms with E-state index in [4.69, 9.17) is 18.9 Å². The molecular weight excluding hydrogens is 568 g/mol. The molecule has 8 heteroatoms. The Labute approximate surface area is 215 Å². The number of rotatable bonds is 10. The van der Waals surface area contributed by atoms with Crippen LogP contribution in [0.2, 0.25) is 0 Å². The first-order valence-corrected chi connectivity index (χ1v) is 12.2. The Morgan fingerprint density at radius 2 is 1.03 bits per heavy atom. The topological polar surface area (TPSA) is 71.1 Å². The second kappa shape index (κ2) is 12.6. The van der Waals surface area contributed by atoms with Crippen molar-refractivity contribution in [2.45, 2.75) is 22.9 Å². The number of methoxy groups -OCH3 is 2. The second-order valence-electron chi connectivity index (χ2n) is 7.24. The van der Waals surface area contributed by atoms with E-state index in [9.17, 15) is 9.59 Å². The number of benzene rings is 3. The number of carbonyl (C=O) groups excluding carboxylic acids is 2. The highest BCUT2D eigenvalue weighted by atomic mass is 79.9. The fourth-order valence-corrected chi connectivity index (χ4v) is 4.08. The van der Waals surface area contributed by atoms with Crippen LogP contribution in [0.25, 0.3) is 0 Å². The molecule has 0 amide bonds. The predicted octanol–water partition coefficient (Wildman–Crippen LogP) is 6.06. The van der Waals surface area contributed by atoms with Crippen LogP contribution in [-0.4, -0.2) is 26.2 Å². The van der Waals surface area contributed by atoms with E-state index < -0.39 is 21.6 Å². The van der Waals surface area contributed by atoms with Gasteiger partial charge >= 0.3 is 11.9 Å². The average molecular weight is 592 g/mol. The Hall–Kier alpha value is -2.84. The first kappa shape index (κ1) is 25.8. The molecule has 0 aliphatic rings. The second-order valence-corrected chi connectivity index (χ2v) is 9.07. The van der Waals surface area contributed by atoms with Gasteiger partial charge < -0.3 is 18.9 Å². The fraction of sp³-hybridized carbons (Fsp3) is 0.231. The van der Waals surface area contributed by atoms with Gasteiger partial charge in [0.15, 0.2) is 0 Å². The number of ether oxygens (including phenoxy) is 4. The van der Waals surface area contributed by atoms with E-state index in [1.165, 1.54) is 14.2 Å². The van der Waals surface area contributed by atoms with Gasteiger partial charge in [-0.15, -0.1) is 0 Å². The van der Waals surface area contributed by atoms with E-state index in [1.807, 2.05) is 60.7 Å². The molecule has 0 saturated heterocycles. The summed E-state index contributed by atoms with van der Waals surface area (Å²) in [6.45, 7) is -0.0182. The lowest BCUT2D eigenvalue weighted by atomic mass is 10.1. The van der Waals surface area contributed by atoms with Crippen molar-refractivity contribution in [3.05, 3.63) is 95.1 Å². The summed E-state index contributed by atoms with van der Waals surface area (Å²) >= 11 is 6.76. The largest absolute Gasteiger partial charge is 0.496 e. The van der Waals surface area contributed by atoms with Gasteiger partial charge in [-0.3, -0.25) is 9.59 Å². The zero-order chi connectivity index (χ0) is 24.5. The van der Waals surface area contributed by atoms with Gasteiger partial charge in [0.2, 0.25) is 0 Å². The van der Waals surface area contributed by atoms with Gasteiger partial charge in [0.1, 0.15) is 34.4 Å². The van der Waals surface area contributed by atoms with Crippen molar-refractivity contribution in [3.63, 3.8) is 0 Å². The van der Waals surface area contributed by atoms with E-state index in [0.717, 1.165) is 11.1 Å². The third-order valence-corrected chi connectivity index (χ3v) is 6.83. The van der Waals surface area contributed by atoms with Crippen molar-refractivity contribution in [1.29, 1.82) is 0 Å². The molecule has 2 atom stereocenters. The lowest BCUT2D eigenvalue weighted by Gasteiger charge is -2.17. The molecular formula is C26H24Br2O6. The molecule has 0 fully saturated rings. The quantitative estimate of drug-likeness (QED) is 0.211. The molecule has 34 heavy (non-hydrogen) atoms. The van der Waals surface area contributed by atoms with E-state index >= 15 is 0 Å². The van der Waals surface area contributed by atoms with Crippen LogP contribution in [-0.2, 0) is 32.3 Å². The van der Waals surface area contributed by atoms with Gasteiger partial charge in [-0.25, -0.2) is 0 Å². The van der Waals surface area contributed by atoms with Crippen LogP contribution >= 0.6 is 31.9 Å². The molecule has 3 aromatic rings. The number of hydrogen-bond acceptors (Lipinski definition) is 6. The van der Waals surface area contributed by atoms with Crippen molar-refractivity contribution in [2.75, 3.05) is 14.2 Å². The van der Waals surface area contributed by atoms with Gasteiger partial charge in [0, 0.05) is 11.1 Å². The maximum atomic E-state index is 12.5. The van der Waals surface area contributed by atoms with Crippen LogP contribution < -0.4 is 9.47 Å². The summed E-state index contributed by atoms with van der Waals surface area (Å²) < 4.78 is 21.9. The minimum Gasteiger partial charge on any atom is -0.496 e. The van der Waals surface area contributed by atoms with Gasteiger partial charge in [-0.05, 0) is 23.3 Å². The van der Waals surface area contributed by atoms with Gasteiger partial charge in [-0.1, -0.05) is 92.5 Å². The van der Waals surface area contributed by atoms with Gasteiger partial charge in [0.05, 0.1) is 14.2 Å². The van der Waals surface area contributed by atoms with E-state index in [0.29, 0.717) is 22.6 Å². The van der Waals surface area contributed by atoms with Gasteiger partial charge in [-0.2, -0.15) is 0 Å². The Bertz CT molecular complexity index is 1020. The molecule has 0 aromatic heterocycles. The predicted molar refractivity (Wildman–Crippen MR) is 135 cm³/mol. The SMILES string of the molecule is COc1cc(COC(=O)C(Br)c2ccccc2)c(OC)cc1COC(=O)C(Br)c1ccccc1. The molecule has 6 nitrogen and oxygen atoms in total. The minimum absolute atomic E-state index is 0.00908. The maximum absolute atomic E-state index is 12.5. The smallest absolute Gasteiger partial charge is 0.324 e. The summed E-state index contributed by atoms with van der Waals surface area (Å²) in [5.74, 6) is 0.136. The van der Waals surface area contributed by atoms with Crippen molar-refractivity contribution in [1.82, 2.24) is 0 Å². The molecule has 2 unspecified atom stereocenters. The summed E-state index contributed by atoms with van der Waals surface area (Å²) in [6.07, 6.45) is 0. The number of carbonyl (C=O) groups is 2. The molecule has 0 bridgehead atoms. The summed E-state index contributed by atoms with van der Waals surface area (Å²) in [5.41, 5.74) is 2.85. The van der Waals surface area contributed by atoms with Crippen LogP contribution in [0.1, 0.15) is 31.9 Å². The van der Waals surface area contributed by atoms with Crippen molar-refractivity contribution in [3.8, 4) is 11.5 Å². The Morgan fingerprint density at radius 1 is 0.676 bits per heavy atom. The minimum atomic E-state index is -0.581. The number of hydrogen-bond donors (Lipinski definition) is 0. The molecule has 3 aromatic carbocycles. The third kappa shape index (κ3) is 6.61. The molecule has 0 saturated carbocycles. The molecule has 3 rings (SSSR count). The highest BCUT2D eigenvalue weighted by Gasteiger charge is 2.22. The Kier molecular flexibility index (Phi) is 9.53. The molecule has 0 aliphatic carbocycles. The highest BCUT2D eigenvalue weighted by molar-refractivity contribution is 9.09. The Balaban J connectivity index is 1.67. The van der Waals surface area contributed by atoms with Crippen molar-refractivity contribution in [2.24, 2.45) is 0 Å². The van der Waals surface area contributed by atoms with Crippen LogP contribution in [0.5, 0.6) is 11.5 Å². The highest BCUT2D eigenvalue weighted by Crippen LogP contribution is 2.32. The van der Waals surface area contributed by atoms with Crippen LogP contribution in [0, 0.1) is 0 Å². The number of halogens is 2. The third-order valence-electron chi connectivity index (χ3n) is 5.02. The molecule has 178 valence electrons. The zero-order valence-corrected chi connectivity index (χ0v) is 21.9. The van der Waals surface area contributed by atoms with Crippen molar-refractivity contribution < 1.29 is 28.5 Å². The van der Waals surface area contributed by atoms with Crippen molar-refractivity contribution >= 4 is 43.8 Å². The van der Waals surface area contributed by atoms with Crippen LogP contribution in [0.4, 0.5) is 0 Å². The average Bonchev–Trinajstić information content (AvgIpc) is 2.90. The normalized spacial score (nSPS) is 12.4. The monoisotopic (exact) mass is 590 g/mol. The zero-order valence-electron chi connectivity index (χ0n) is 18.7. The summed E-state index contributed by atoms with van der Waals surface area (Å²) in [5, 5.41) is 0. The van der Waals surface area contributed by atoms with E-state index in [2.05, 4.69) is 31.9 Å². The lowest BCUT2D eigenvalue weighted by Crippen LogP contribution is -2.13. The fourth-order valence-electron chi connectivity index (χ4n) is 3.21. The Morgan fingerprint density at radius 3 is 1.35 bits per heavy atom. The first-order chi connectivity index (χ1) is 16.4.